The van der Waals surface area contributed by atoms with E-state index in [1.54, 1.807) is 18.3 Å². The molecule has 2 aromatic carbocycles. The van der Waals surface area contributed by atoms with Crippen molar-refractivity contribution in [2.45, 2.75) is 6.92 Å². The highest BCUT2D eigenvalue weighted by Crippen LogP contribution is 2.27. The van der Waals surface area contributed by atoms with Crippen LogP contribution in [0.3, 0.4) is 0 Å². The number of carbonyl (C=O) groups is 1. The summed E-state index contributed by atoms with van der Waals surface area (Å²) in [6, 6.07) is 14.8. The summed E-state index contributed by atoms with van der Waals surface area (Å²) in [5, 5.41) is 4.13. The topological polar surface area (TPSA) is 59.9 Å². The van der Waals surface area contributed by atoms with Gasteiger partial charge in [-0.05, 0) is 35.9 Å². The molecular weight excluding hydrogens is 268 g/mol. The quantitative estimate of drug-likeness (QED) is 0.397. The van der Waals surface area contributed by atoms with Crippen LogP contribution in [0.15, 0.2) is 53.6 Å². The first-order valence-corrected chi connectivity index (χ1v) is 6.39. The third kappa shape index (κ3) is 4.35. The molecule has 0 saturated heterocycles. The molecule has 0 aliphatic heterocycles. The maximum Gasteiger partial charge on any atom is 0.308 e. The summed E-state index contributed by atoms with van der Waals surface area (Å²) in [7, 11) is 1.52. The third-order valence-electron chi connectivity index (χ3n) is 2.62. The maximum atomic E-state index is 11.1. The van der Waals surface area contributed by atoms with Gasteiger partial charge < -0.3 is 9.47 Å². The van der Waals surface area contributed by atoms with E-state index in [1.807, 2.05) is 36.4 Å². The van der Waals surface area contributed by atoms with Gasteiger partial charge in [-0.1, -0.05) is 18.2 Å². The summed E-state index contributed by atoms with van der Waals surface area (Å²) < 4.78 is 10.2. The number of esters is 1. The Labute approximate surface area is 123 Å². The van der Waals surface area contributed by atoms with E-state index < -0.39 is 5.97 Å². The number of anilines is 1. The number of rotatable bonds is 5. The van der Waals surface area contributed by atoms with E-state index >= 15 is 0 Å². The van der Waals surface area contributed by atoms with Gasteiger partial charge in [0.2, 0.25) is 0 Å². The lowest BCUT2D eigenvalue weighted by Gasteiger charge is -2.08. The second-order valence-electron chi connectivity index (χ2n) is 4.24. The minimum Gasteiger partial charge on any atom is -0.493 e. The Bertz CT molecular complexity index is 639. The standard InChI is InChI=1S/C16H16N2O3/c1-12(19)21-16-10-13(8-9-15(16)20-2)11-17-18-14-6-4-3-5-7-14/h3-11,18H,1-2H3. The Morgan fingerprint density at radius 2 is 1.90 bits per heavy atom. The first kappa shape index (κ1) is 14.6. The average Bonchev–Trinajstić information content (AvgIpc) is 2.48. The van der Waals surface area contributed by atoms with Crippen molar-refractivity contribution < 1.29 is 14.3 Å². The van der Waals surface area contributed by atoms with E-state index in [4.69, 9.17) is 9.47 Å². The van der Waals surface area contributed by atoms with E-state index in [-0.39, 0.29) is 0 Å². The van der Waals surface area contributed by atoms with Gasteiger partial charge in [-0.15, -0.1) is 0 Å². The number of hydrazone groups is 1. The van der Waals surface area contributed by atoms with Gasteiger partial charge in [0.15, 0.2) is 11.5 Å². The zero-order valence-corrected chi connectivity index (χ0v) is 11.9. The molecule has 0 aliphatic carbocycles. The summed E-state index contributed by atoms with van der Waals surface area (Å²) in [6.45, 7) is 1.34. The predicted octanol–water partition coefficient (Wildman–Crippen LogP) is 3.07. The monoisotopic (exact) mass is 284 g/mol. The maximum absolute atomic E-state index is 11.1. The highest BCUT2D eigenvalue weighted by molar-refractivity contribution is 5.82. The molecule has 2 aromatic rings. The first-order chi connectivity index (χ1) is 10.2. The second-order valence-corrected chi connectivity index (χ2v) is 4.24. The Morgan fingerprint density at radius 1 is 1.14 bits per heavy atom. The normalized spacial score (nSPS) is 10.4. The molecule has 21 heavy (non-hydrogen) atoms. The van der Waals surface area contributed by atoms with E-state index in [9.17, 15) is 4.79 Å². The number of para-hydroxylation sites is 1. The molecule has 5 heteroatoms. The molecule has 1 N–H and O–H groups in total. The molecule has 2 rings (SSSR count). The van der Waals surface area contributed by atoms with Crippen molar-refractivity contribution in [2.75, 3.05) is 12.5 Å². The highest BCUT2D eigenvalue weighted by atomic mass is 16.6. The third-order valence-corrected chi connectivity index (χ3v) is 2.62. The van der Waals surface area contributed by atoms with Crippen molar-refractivity contribution in [1.29, 1.82) is 0 Å². The molecule has 0 unspecified atom stereocenters. The molecule has 0 fully saturated rings. The van der Waals surface area contributed by atoms with Crippen LogP contribution in [0.4, 0.5) is 5.69 Å². The second kappa shape index (κ2) is 7.09. The van der Waals surface area contributed by atoms with E-state index in [0.29, 0.717) is 11.5 Å². The molecule has 0 spiro atoms. The smallest absolute Gasteiger partial charge is 0.308 e. The number of methoxy groups -OCH3 is 1. The van der Waals surface area contributed by atoms with E-state index in [1.165, 1.54) is 14.0 Å². The number of hydrogen-bond donors (Lipinski definition) is 1. The van der Waals surface area contributed by atoms with Crippen molar-refractivity contribution in [3.05, 3.63) is 54.1 Å². The highest BCUT2D eigenvalue weighted by Gasteiger charge is 2.07. The Hall–Kier alpha value is -2.82. The number of hydrogen-bond acceptors (Lipinski definition) is 5. The Morgan fingerprint density at radius 3 is 2.57 bits per heavy atom. The van der Waals surface area contributed by atoms with E-state index in [0.717, 1.165) is 11.3 Å². The van der Waals surface area contributed by atoms with Crippen LogP contribution >= 0.6 is 0 Å². The SMILES string of the molecule is COc1ccc(C=NNc2ccccc2)cc1OC(C)=O. The van der Waals surface area contributed by atoms with Crippen molar-refractivity contribution in [1.82, 2.24) is 0 Å². The molecule has 0 heterocycles. The fourth-order valence-electron chi connectivity index (χ4n) is 1.70. The summed E-state index contributed by atoms with van der Waals surface area (Å²) in [5.74, 6) is 0.469. The summed E-state index contributed by atoms with van der Waals surface area (Å²) in [5.41, 5.74) is 4.59. The van der Waals surface area contributed by atoms with Crippen LogP contribution < -0.4 is 14.9 Å². The summed E-state index contributed by atoms with van der Waals surface area (Å²) in [4.78, 5) is 11.1. The van der Waals surface area contributed by atoms with Gasteiger partial charge in [0.25, 0.3) is 0 Å². The molecule has 0 atom stereocenters. The lowest BCUT2D eigenvalue weighted by Crippen LogP contribution is -2.03. The van der Waals surface area contributed by atoms with Crippen molar-refractivity contribution in [3.8, 4) is 11.5 Å². The first-order valence-electron chi connectivity index (χ1n) is 6.39. The molecule has 5 nitrogen and oxygen atoms in total. The lowest BCUT2D eigenvalue weighted by molar-refractivity contribution is -0.132. The van der Waals surface area contributed by atoms with Crippen LogP contribution in [-0.4, -0.2) is 19.3 Å². The van der Waals surface area contributed by atoms with Crippen molar-refractivity contribution in [2.24, 2.45) is 5.10 Å². The van der Waals surface area contributed by atoms with Gasteiger partial charge in [0.1, 0.15) is 0 Å². The zero-order valence-electron chi connectivity index (χ0n) is 11.9. The fraction of sp³-hybridized carbons (Fsp3) is 0.125. The lowest BCUT2D eigenvalue weighted by atomic mass is 10.2. The molecule has 108 valence electrons. The van der Waals surface area contributed by atoms with Crippen LogP contribution in [0, 0.1) is 0 Å². The minimum absolute atomic E-state index is 0.369. The largest absolute Gasteiger partial charge is 0.493 e. The van der Waals surface area contributed by atoms with Gasteiger partial charge in [-0.2, -0.15) is 5.10 Å². The van der Waals surface area contributed by atoms with Crippen molar-refractivity contribution in [3.63, 3.8) is 0 Å². The average molecular weight is 284 g/mol. The summed E-state index contributed by atoms with van der Waals surface area (Å²) >= 11 is 0. The molecule has 0 saturated carbocycles. The number of benzene rings is 2. The van der Waals surface area contributed by atoms with Crippen LogP contribution in [-0.2, 0) is 4.79 Å². The molecule has 0 aromatic heterocycles. The van der Waals surface area contributed by atoms with Crippen LogP contribution in [0.5, 0.6) is 11.5 Å². The molecule has 0 radical (unpaired) electrons. The number of ether oxygens (including phenoxy) is 2. The Balaban J connectivity index is 2.11. The van der Waals surface area contributed by atoms with Gasteiger partial charge in [0.05, 0.1) is 19.0 Å². The van der Waals surface area contributed by atoms with Gasteiger partial charge in [-0.25, -0.2) is 0 Å². The summed E-state index contributed by atoms with van der Waals surface area (Å²) in [6.07, 6.45) is 1.64. The predicted molar refractivity (Wildman–Crippen MR) is 82.0 cm³/mol. The minimum atomic E-state index is -0.398. The Kier molecular flexibility index (Phi) is 4.93. The number of nitrogens with zero attached hydrogens (tertiary/aromatic N) is 1. The van der Waals surface area contributed by atoms with E-state index in [2.05, 4.69) is 10.5 Å². The van der Waals surface area contributed by atoms with Crippen LogP contribution in [0.1, 0.15) is 12.5 Å². The molecular formula is C16H16N2O3. The van der Waals surface area contributed by atoms with Gasteiger partial charge in [-0.3, -0.25) is 10.2 Å². The number of carbonyl (C=O) groups excluding carboxylic acids is 1. The van der Waals surface area contributed by atoms with Gasteiger partial charge >= 0.3 is 5.97 Å². The van der Waals surface area contributed by atoms with Crippen LogP contribution in [0.2, 0.25) is 0 Å². The van der Waals surface area contributed by atoms with Crippen molar-refractivity contribution >= 4 is 17.9 Å². The molecule has 0 aliphatic rings. The zero-order chi connectivity index (χ0) is 15.1. The number of nitrogens with one attached hydrogen (secondary N) is 1. The molecule has 0 amide bonds. The van der Waals surface area contributed by atoms with Gasteiger partial charge in [0, 0.05) is 6.92 Å². The van der Waals surface area contributed by atoms with Crippen LogP contribution in [0.25, 0.3) is 0 Å². The fourth-order valence-corrected chi connectivity index (χ4v) is 1.70. The molecule has 0 bridgehead atoms.